The Morgan fingerprint density at radius 1 is 1.29 bits per heavy atom. The van der Waals surface area contributed by atoms with Crippen LogP contribution < -0.4 is 16.0 Å². The van der Waals surface area contributed by atoms with Crippen molar-refractivity contribution < 1.29 is 4.79 Å². The molecule has 0 unspecified atom stereocenters. The van der Waals surface area contributed by atoms with Crippen molar-refractivity contribution in [3.8, 4) is 0 Å². The van der Waals surface area contributed by atoms with E-state index in [1.165, 1.54) is 5.56 Å². The fraction of sp³-hybridized carbons (Fsp3) is 0.462. The van der Waals surface area contributed by atoms with Crippen molar-refractivity contribution in [1.29, 1.82) is 0 Å². The van der Waals surface area contributed by atoms with Gasteiger partial charge in [0.05, 0.1) is 0 Å². The fourth-order valence-corrected chi connectivity index (χ4v) is 1.68. The van der Waals surface area contributed by atoms with Gasteiger partial charge in [-0.05, 0) is 12.5 Å². The summed E-state index contributed by atoms with van der Waals surface area (Å²) in [6, 6.07) is 8.08. The van der Waals surface area contributed by atoms with Crippen LogP contribution in [0.25, 0.3) is 0 Å². The zero-order valence-electron chi connectivity index (χ0n) is 10.1. The van der Waals surface area contributed by atoms with Crippen molar-refractivity contribution in [1.82, 2.24) is 16.0 Å². The molecule has 0 bridgehead atoms. The van der Waals surface area contributed by atoms with E-state index in [4.69, 9.17) is 0 Å². The van der Waals surface area contributed by atoms with Crippen molar-refractivity contribution in [2.24, 2.45) is 5.92 Å². The predicted octanol–water partition coefficient (Wildman–Crippen LogP) is 1.01. The van der Waals surface area contributed by atoms with Gasteiger partial charge in [-0.1, -0.05) is 29.8 Å². The summed E-state index contributed by atoms with van der Waals surface area (Å²) in [5, 5.41) is 8.90. The molecule has 0 radical (unpaired) electrons. The van der Waals surface area contributed by atoms with Crippen molar-refractivity contribution in [2.45, 2.75) is 13.5 Å². The van der Waals surface area contributed by atoms with Gasteiger partial charge in [0.25, 0.3) is 0 Å². The van der Waals surface area contributed by atoms with E-state index in [-0.39, 0.29) is 6.03 Å². The Balaban J connectivity index is 1.66. The summed E-state index contributed by atoms with van der Waals surface area (Å²) in [6.45, 7) is 5.41. The second-order valence-electron chi connectivity index (χ2n) is 4.57. The van der Waals surface area contributed by atoms with Crippen LogP contribution in [0.4, 0.5) is 4.79 Å². The molecule has 17 heavy (non-hydrogen) atoms. The highest BCUT2D eigenvalue weighted by atomic mass is 16.2. The quantitative estimate of drug-likeness (QED) is 0.727. The molecule has 1 saturated heterocycles. The lowest BCUT2D eigenvalue weighted by molar-refractivity contribution is 0.235. The molecule has 0 spiro atoms. The average molecular weight is 233 g/mol. The normalized spacial score (nSPS) is 15.1. The summed E-state index contributed by atoms with van der Waals surface area (Å²) in [7, 11) is 0. The molecule has 4 heteroatoms. The number of carbonyl (C=O) groups excluding carboxylic acids is 1. The summed E-state index contributed by atoms with van der Waals surface area (Å²) >= 11 is 0. The van der Waals surface area contributed by atoms with Crippen LogP contribution in [0.2, 0.25) is 0 Å². The molecule has 1 aromatic rings. The van der Waals surface area contributed by atoms with E-state index >= 15 is 0 Å². The monoisotopic (exact) mass is 233 g/mol. The maximum absolute atomic E-state index is 11.5. The minimum absolute atomic E-state index is 0.0857. The van der Waals surface area contributed by atoms with Crippen LogP contribution >= 0.6 is 0 Å². The molecule has 0 aromatic heterocycles. The smallest absolute Gasteiger partial charge is 0.315 e. The van der Waals surface area contributed by atoms with Gasteiger partial charge < -0.3 is 16.0 Å². The van der Waals surface area contributed by atoms with Gasteiger partial charge in [0, 0.05) is 32.1 Å². The van der Waals surface area contributed by atoms with Crippen LogP contribution in [-0.2, 0) is 6.54 Å². The average Bonchev–Trinajstić information content (AvgIpc) is 2.26. The SMILES string of the molecule is Cc1ccc(CNC(=O)NCC2CNC2)cc1. The highest BCUT2D eigenvalue weighted by Gasteiger charge is 2.16. The number of amides is 2. The third-order valence-electron chi connectivity index (χ3n) is 2.99. The Hall–Kier alpha value is -1.55. The van der Waals surface area contributed by atoms with E-state index in [0.717, 1.165) is 25.2 Å². The van der Waals surface area contributed by atoms with E-state index < -0.39 is 0 Å². The highest BCUT2D eigenvalue weighted by molar-refractivity contribution is 5.73. The lowest BCUT2D eigenvalue weighted by Crippen LogP contribution is -2.49. The molecule has 3 N–H and O–H groups in total. The number of nitrogens with one attached hydrogen (secondary N) is 3. The summed E-state index contributed by atoms with van der Waals surface area (Å²) in [6.07, 6.45) is 0. The van der Waals surface area contributed by atoms with Crippen LogP contribution in [-0.4, -0.2) is 25.7 Å². The first-order valence-electron chi connectivity index (χ1n) is 6.02. The zero-order chi connectivity index (χ0) is 12.1. The standard InChI is InChI=1S/C13H19N3O/c1-10-2-4-11(5-3-10)8-15-13(17)16-9-12-6-14-7-12/h2-5,12,14H,6-9H2,1H3,(H2,15,16,17). The molecular weight excluding hydrogens is 214 g/mol. The number of rotatable bonds is 4. The second kappa shape index (κ2) is 5.68. The fourth-order valence-electron chi connectivity index (χ4n) is 1.68. The lowest BCUT2D eigenvalue weighted by atomic mass is 10.0. The van der Waals surface area contributed by atoms with Gasteiger partial charge in [-0.2, -0.15) is 0 Å². The first-order chi connectivity index (χ1) is 8.24. The molecular formula is C13H19N3O. The molecule has 1 aliphatic rings. The minimum atomic E-state index is -0.0857. The maximum Gasteiger partial charge on any atom is 0.315 e. The largest absolute Gasteiger partial charge is 0.338 e. The van der Waals surface area contributed by atoms with Crippen LogP contribution in [0.3, 0.4) is 0 Å². The van der Waals surface area contributed by atoms with Crippen molar-refractivity contribution in [3.63, 3.8) is 0 Å². The molecule has 2 rings (SSSR count). The van der Waals surface area contributed by atoms with Gasteiger partial charge >= 0.3 is 6.03 Å². The van der Waals surface area contributed by atoms with Gasteiger partial charge in [0.2, 0.25) is 0 Å². The number of carbonyl (C=O) groups is 1. The van der Waals surface area contributed by atoms with E-state index in [0.29, 0.717) is 12.5 Å². The number of hydrogen-bond donors (Lipinski definition) is 3. The number of urea groups is 1. The molecule has 92 valence electrons. The molecule has 2 amide bonds. The topological polar surface area (TPSA) is 53.2 Å². The second-order valence-corrected chi connectivity index (χ2v) is 4.57. The third kappa shape index (κ3) is 3.75. The Morgan fingerprint density at radius 3 is 2.59 bits per heavy atom. The van der Waals surface area contributed by atoms with Crippen LogP contribution in [0, 0.1) is 12.8 Å². The Labute approximate surface area is 102 Å². The van der Waals surface area contributed by atoms with Gasteiger partial charge in [-0.15, -0.1) is 0 Å². The summed E-state index contributed by atoms with van der Waals surface area (Å²) in [5.74, 6) is 0.597. The van der Waals surface area contributed by atoms with Crippen molar-refractivity contribution in [2.75, 3.05) is 19.6 Å². The van der Waals surface area contributed by atoms with E-state index in [1.807, 2.05) is 12.1 Å². The molecule has 0 aliphatic carbocycles. The van der Waals surface area contributed by atoms with E-state index in [9.17, 15) is 4.79 Å². The molecule has 1 aromatic carbocycles. The first kappa shape index (κ1) is 11.9. The summed E-state index contributed by atoms with van der Waals surface area (Å²) in [5.41, 5.74) is 2.35. The van der Waals surface area contributed by atoms with Crippen molar-refractivity contribution in [3.05, 3.63) is 35.4 Å². The summed E-state index contributed by atoms with van der Waals surface area (Å²) < 4.78 is 0. The van der Waals surface area contributed by atoms with Crippen molar-refractivity contribution >= 4 is 6.03 Å². The zero-order valence-corrected chi connectivity index (χ0v) is 10.1. The van der Waals surface area contributed by atoms with Crippen LogP contribution in [0.1, 0.15) is 11.1 Å². The Morgan fingerprint density at radius 2 is 2.00 bits per heavy atom. The molecule has 4 nitrogen and oxygen atoms in total. The summed E-state index contributed by atoms with van der Waals surface area (Å²) in [4.78, 5) is 11.5. The third-order valence-corrected chi connectivity index (χ3v) is 2.99. The van der Waals surface area contributed by atoms with Crippen LogP contribution in [0.5, 0.6) is 0 Å². The minimum Gasteiger partial charge on any atom is -0.338 e. The van der Waals surface area contributed by atoms with Gasteiger partial charge in [-0.3, -0.25) is 0 Å². The molecule has 1 fully saturated rings. The molecule has 0 atom stereocenters. The maximum atomic E-state index is 11.5. The predicted molar refractivity (Wildman–Crippen MR) is 67.8 cm³/mol. The lowest BCUT2D eigenvalue weighted by Gasteiger charge is -2.27. The first-order valence-corrected chi connectivity index (χ1v) is 6.02. The molecule has 1 heterocycles. The van der Waals surface area contributed by atoms with E-state index in [1.54, 1.807) is 0 Å². The van der Waals surface area contributed by atoms with Gasteiger partial charge in [-0.25, -0.2) is 4.79 Å². The highest BCUT2D eigenvalue weighted by Crippen LogP contribution is 2.02. The number of hydrogen-bond acceptors (Lipinski definition) is 2. The molecule has 0 saturated carbocycles. The number of aryl methyl sites for hydroxylation is 1. The Kier molecular flexibility index (Phi) is 3.98. The van der Waals surface area contributed by atoms with Crippen LogP contribution in [0.15, 0.2) is 24.3 Å². The molecule has 1 aliphatic heterocycles. The van der Waals surface area contributed by atoms with Gasteiger partial charge in [0.1, 0.15) is 0 Å². The van der Waals surface area contributed by atoms with E-state index in [2.05, 4.69) is 35.0 Å². The number of benzene rings is 1. The van der Waals surface area contributed by atoms with Gasteiger partial charge in [0.15, 0.2) is 0 Å². The Bertz CT molecular complexity index is 371.